The van der Waals surface area contributed by atoms with Crippen LogP contribution >= 0.6 is 0 Å². The van der Waals surface area contributed by atoms with E-state index in [2.05, 4.69) is 55.6 Å². The Morgan fingerprint density at radius 1 is 0.370 bits per heavy atom. The molecule has 11 heteroatoms. The molecular weight excluding hydrogens is 1240 g/mol. The number of hydrogen-bond donors (Lipinski definition) is 6. The number of rotatable bonds is 79. The molecule has 100 heavy (non-hydrogen) atoms. The molecule has 0 aliphatic carbocycles. The summed E-state index contributed by atoms with van der Waals surface area (Å²) in [5.74, 6) is -0.166. The minimum atomic E-state index is -1.58. The highest BCUT2D eigenvalue weighted by atomic mass is 16.7. The molecule has 0 spiro atoms. The molecule has 7 atom stereocenters. The van der Waals surface area contributed by atoms with E-state index in [4.69, 9.17) is 14.2 Å². The van der Waals surface area contributed by atoms with Crippen LogP contribution in [0.25, 0.3) is 0 Å². The number of allylic oxidation sites excluding steroid dienone is 7. The van der Waals surface area contributed by atoms with Crippen molar-refractivity contribution in [3.8, 4) is 0 Å². The summed E-state index contributed by atoms with van der Waals surface area (Å²) in [5.41, 5.74) is 0. The fourth-order valence-electron chi connectivity index (χ4n) is 14.1. The van der Waals surface area contributed by atoms with Crippen molar-refractivity contribution in [1.82, 2.24) is 5.32 Å². The maximum Gasteiger partial charge on any atom is 0.305 e. The summed E-state index contributed by atoms with van der Waals surface area (Å²) >= 11 is 0. The van der Waals surface area contributed by atoms with Gasteiger partial charge in [-0.1, -0.05) is 403 Å². The van der Waals surface area contributed by atoms with Crippen molar-refractivity contribution in [2.75, 3.05) is 19.8 Å². The molecule has 0 radical (unpaired) electrons. The Balaban J connectivity index is 1.89. The predicted octanol–water partition coefficient (Wildman–Crippen LogP) is 24.6. The highest BCUT2D eigenvalue weighted by Crippen LogP contribution is 2.24. The zero-order chi connectivity index (χ0) is 72.2. The summed E-state index contributed by atoms with van der Waals surface area (Å²) in [4.78, 5) is 25.3. The van der Waals surface area contributed by atoms with Crippen molar-refractivity contribution in [1.29, 1.82) is 0 Å². The summed E-state index contributed by atoms with van der Waals surface area (Å²) in [7, 11) is 0. The van der Waals surface area contributed by atoms with Gasteiger partial charge in [0.2, 0.25) is 5.91 Å². The van der Waals surface area contributed by atoms with Crippen LogP contribution in [0.2, 0.25) is 0 Å². The number of carbonyl (C=O) groups is 2. The molecule has 0 saturated carbocycles. The molecule has 1 aliphatic heterocycles. The van der Waals surface area contributed by atoms with Gasteiger partial charge in [-0.15, -0.1) is 0 Å². The molecule has 1 heterocycles. The van der Waals surface area contributed by atoms with Crippen LogP contribution in [0.5, 0.6) is 0 Å². The standard InChI is InChI=1S/C89H167NO10/c1-3-5-7-9-11-13-15-17-19-20-45-49-53-57-61-65-69-73-77-85(94)98-78-74-70-66-62-58-54-50-46-43-41-39-37-35-33-31-29-27-25-23-21-22-24-26-28-30-32-34-36-38-40-42-44-48-52-56-60-64-68-72-76-84(93)90-81(80-99-89-88(97)87(96)86(95)83(79-91)100-89)82(92)75-71-67-63-59-55-51-47-18-16-14-12-10-8-6-4-2/h21-22,25,27,55,59,71,75,81-83,86-89,91-92,95-97H,3-20,23-24,26,28-54,56-58,60-70,72-74,76-80H2,1-2H3,(H,90,93)/b22-21-,27-25-,59-55+,75-71+. The molecule has 588 valence electrons. The number of esters is 1. The number of ether oxygens (including phenoxy) is 3. The lowest BCUT2D eigenvalue weighted by atomic mass is 9.99. The topological polar surface area (TPSA) is 175 Å². The summed E-state index contributed by atoms with van der Waals surface area (Å²) < 4.78 is 16.8. The van der Waals surface area contributed by atoms with Gasteiger partial charge in [-0.05, 0) is 77.0 Å². The van der Waals surface area contributed by atoms with Gasteiger partial charge in [-0.2, -0.15) is 0 Å². The number of unbranched alkanes of at least 4 members (excludes halogenated alkanes) is 59. The Morgan fingerprint density at radius 2 is 0.680 bits per heavy atom. The minimum absolute atomic E-state index is 0.0197. The van der Waals surface area contributed by atoms with Gasteiger partial charge in [0.15, 0.2) is 6.29 Å². The van der Waals surface area contributed by atoms with Crippen molar-refractivity contribution < 1.29 is 49.3 Å². The predicted molar refractivity (Wildman–Crippen MR) is 426 cm³/mol. The maximum atomic E-state index is 13.1. The first-order chi connectivity index (χ1) is 49.2. The van der Waals surface area contributed by atoms with E-state index >= 15 is 0 Å². The number of aliphatic hydroxyl groups excluding tert-OH is 5. The van der Waals surface area contributed by atoms with Gasteiger partial charge in [0.25, 0.3) is 0 Å². The molecule has 1 amide bonds. The molecule has 0 aromatic heterocycles. The minimum Gasteiger partial charge on any atom is -0.466 e. The number of amides is 1. The highest BCUT2D eigenvalue weighted by Gasteiger charge is 2.44. The van der Waals surface area contributed by atoms with Crippen LogP contribution in [0.3, 0.4) is 0 Å². The van der Waals surface area contributed by atoms with Crippen LogP contribution in [0.1, 0.15) is 444 Å². The Hall–Kier alpha value is -2.38. The lowest BCUT2D eigenvalue weighted by Crippen LogP contribution is -2.60. The van der Waals surface area contributed by atoms with E-state index in [-0.39, 0.29) is 18.5 Å². The lowest BCUT2D eigenvalue weighted by molar-refractivity contribution is -0.302. The second kappa shape index (κ2) is 77.7. The first-order valence-corrected chi connectivity index (χ1v) is 43.9. The van der Waals surface area contributed by atoms with Crippen LogP contribution < -0.4 is 5.32 Å². The van der Waals surface area contributed by atoms with E-state index in [1.165, 1.54) is 360 Å². The van der Waals surface area contributed by atoms with Crippen LogP contribution in [0.15, 0.2) is 48.6 Å². The molecule has 7 unspecified atom stereocenters. The summed E-state index contributed by atoms with van der Waals surface area (Å²) in [6.45, 7) is 4.40. The summed E-state index contributed by atoms with van der Waals surface area (Å²) in [6.07, 6.45) is 94.6. The largest absolute Gasteiger partial charge is 0.466 e. The van der Waals surface area contributed by atoms with Gasteiger partial charge in [0.05, 0.1) is 32.0 Å². The number of carbonyl (C=O) groups excluding carboxylic acids is 2. The van der Waals surface area contributed by atoms with Crippen LogP contribution in [0, 0.1) is 0 Å². The molecule has 0 bridgehead atoms. The molecule has 0 aromatic carbocycles. The van der Waals surface area contributed by atoms with Crippen LogP contribution in [0.4, 0.5) is 0 Å². The first-order valence-electron chi connectivity index (χ1n) is 43.9. The van der Waals surface area contributed by atoms with Gasteiger partial charge in [0.1, 0.15) is 24.4 Å². The Morgan fingerprint density at radius 3 is 1.05 bits per heavy atom. The molecule has 1 saturated heterocycles. The lowest BCUT2D eigenvalue weighted by Gasteiger charge is -2.40. The smallest absolute Gasteiger partial charge is 0.305 e. The van der Waals surface area contributed by atoms with Crippen molar-refractivity contribution >= 4 is 11.9 Å². The van der Waals surface area contributed by atoms with Gasteiger partial charge >= 0.3 is 5.97 Å². The van der Waals surface area contributed by atoms with Crippen molar-refractivity contribution in [3.05, 3.63) is 48.6 Å². The monoisotopic (exact) mass is 1410 g/mol. The maximum absolute atomic E-state index is 13.1. The number of hydrogen-bond acceptors (Lipinski definition) is 10. The van der Waals surface area contributed by atoms with E-state index in [1.54, 1.807) is 6.08 Å². The molecule has 1 aliphatic rings. The van der Waals surface area contributed by atoms with Crippen molar-refractivity contribution in [2.24, 2.45) is 0 Å². The Bertz CT molecular complexity index is 1800. The van der Waals surface area contributed by atoms with E-state index in [9.17, 15) is 35.1 Å². The van der Waals surface area contributed by atoms with Crippen molar-refractivity contribution in [3.63, 3.8) is 0 Å². The Kier molecular flexibility index (Phi) is 74.3. The fraction of sp³-hybridized carbons (Fsp3) is 0.888. The second-order valence-electron chi connectivity index (χ2n) is 30.6. The molecule has 11 nitrogen and oxygen atoms in total. The SMILES string of the molecule is CCCCCCCCCCC/C=C/CC/C=C/C(O)C(COC1OC(CO)C(O)C(O)C1O)NC(=O)CCCCCCCCCCCCCCCCCCC/C=C\C/C=C\CCCCCCCCCCCCCCCCCOC(=O)CCCCCCCCCCCCCCCCCCCC. The third-order valence-electron chi connectivity index (χ3n) is 20.9. The average Bonchev–Trinajstić information content (AvgIpc) is 0.824. The van der Waals surface area contributed by atoms with E-state index in [0.717, 1.165) is 57.8 Å². The normalized spacial score (nSPS) is 17.3. The number of aliphatic hydroxyl groups is 5. The van der Waals surface area contributed by atoms with Gasteiger partial charge in [-0.25, -0.2) is 0 Å². The van der Waals surface area contributed by atoms with Crippen LogP contribution in [-0.4, -0.2) is 100 Å². The van der Waals surface area contributed by atoms with Crippen LogP contribution in [-0.2, 0) is 23.8 Å². The summed E-state index contributed by atoms with van der Waals surface area (Å²) in [6, 6.07) is -0.826. The van der Waals surface area contributed by atoms with Gasteiger partial charge in [-0.3, -0.25) is 9.59 Å². The quantitative estimate of drug-likeness (QED) is 0.0195. The third-order valence-corrected chi connectivity index (χ3v) is 20.9. The zero-order valence-corrected chi connectivity index (χ0v) is 65.9. The molecule has 1 rings (SSSR count). The zero-order valence-electron chi connectivity index (χ0n) is 65.9. The first kappa shape index (κ1) is 95.6. The number of nitrogens with one attached hydrogen (secondary N) is 1. The second-order valence-corrected chi connectivity index (χ2v) is 30.6. The third kappa shape index (κ3) is 65.2. The summed E-state index contributed by atoms with van der Waals surface area (Å²) in [5, 5.41) is 54.6. The van der Waals surface area contributed by atoms with Crippen molar-refractivity contribution in [2.45, 2.75) is 487 Å². The van der Waals surface area contributed by atoms with Gasteiger partial charge < -0.3 is 45.1 Å². The molecule has 0 aromatic rings. The Labute approximate surface area is 618 Å². The van der Waals surface area contributed by atoms with E-state index < -0.39 is 49.5 Å². The molecular formula is C89H167NO10. The van der Waals surface area contributed by atoms with E-state index in [0.29, 0.717) is 19.4 Å². The van der Waals surface area contributed by atoms with E-state index in [1.807, 2.05) is 6.08 Å². The highest BCUT2D eigenvalue weighted by molar-refractivity contribution is 5.76. The fourth-order valence-corrected chi connectivity index (χ4v) is 14.1. The average molecular weight is 1410 g/mol. The molecule has 1 fully saturated rings. The van der Waals surface area contributed by atoms with Gasteiger partial charge in [0, 0.05) is 12.8 Å². The molecule has 6 N–H and O–H groups in total.